The largest absolute Gasteiger partial charge is 0.488 e. The van der Waals surface area contributed by atoms with Crippen molar-refractivity contribution in [2.24, 2.45) is 0 Å². The van der Waals surface area contributed by atoms with Gasteiger partial charge in [-0.25, -0.2) is 0 Å². The Morgan fingerprint density at radius 2 is 1.73 bits per heavy atom. The van der Waals surface area contributed by atoms with Gasteiger partial charge in [-0.1, -0.05) is 30.3 Å². The lowest BCUT2D eigenvalue weighted by molar-refractivity contribution is -1.01. The number of carbonyl (C=O) groups excluding carboxylic acids is 1. The Kier molecular flexibility index (Phi) is 6.63. The quantitative estimate of drug-likeness (QED) is 0.644. The molecule has 1 saturated heterocycles. The highest BCUT2D eigenvalue weighted by Gasteiger charge is 2.24. The molecule has 26 heavy (non-hydrogen) atoms. The van der Waals surface area contributed by atoms with E-state index in [0.717, 1.165) is 56.3 Å². The van der Waals surface area contributed by atoms with Crippen LogP contribution >= 0.6 is 0 Å². The summed E-state index contributed by atoms with van der Waals surface area (Å²) in [6.07, 6.45) is 0. The van der Waals surface area contributed by atoms with Gasteiger partial charge >= 0.3 is 0 Å². The Balaban J connectivity index is 1.33. The summed E-state index contributed by atoms with van der Waals surface area (Å²) in [4.78, 5) is 15.2. The normalized spacial score (nSPS) is 19.7. The van der Waals surface area contributed by atoms with E-state index >= 15 is 0 Å². The highest BCUT2D eigenvalue weighted by Crippen LogP contribution is 2.09. The number of hydrogen-bond acceptors (Lipinski definition) is 2. The number of ether oxygens (including phenoxy) is 1. The van der Waals surface area contributed by atoms with Crippen LogP contribution < -0.4 is 19.9 Å². The van der Waals surface area contributed by atoms with Crippen molar-refractivity contribution in [3.8, 4) is 5.75 Å². The highest BCUT2D eigenvalue weighted by atomic mass is 16.5. The lowest BCUT2D eigenvalue weighted by atomic mass is 10.2. The van der Waals surface area contributed by atoms with E-state index in [0.29, 0.717) is 6.54 Å². The average Bonchev–Trinajstić information content (AvgIpc) is 2.64. The molecule has 0 unspecified atom stereocenters. The number of hydrogen-bond donors (Lipinski definition) is 3. The Morgan fingerprint density at radius 1 is 1.00 bits per heavy atom. The smallest absolute Gasteiger partial charge is 0.279 e. The van der Waals surface area contributed by atoms with E-state index in [-0.39, 0.29) is 5.91 Å². The number of piperazine rings is 1. The van der Waals surface area contributed by atoms with E-state index in [1.807, 2.05) is 61.5 Å². The van der Waals surface area contributed by atoms with Crippen molar-refractivity contribution < 1.29 is 19.3 Å². The zero-order chi connectivity index (χ0) is 18.2. The van der Waals surface area contributed by atoms with Crippen LogP contribution in [0.4, 0.5) is 5.69 Å². The number of anilines is 1. The monoisotopic (exact) mass is 355 g/mol. The molecule has 2 aromatic rings. The maximum Gasteiger partial charge on any atom is 0.279 e. The lowest BCUT2D eigenvalue weighted by Gasteiger charge is -2.29. The third-order valence-electron chi connectivity index (χ3n) is 4.84. The molecule has 0 radical (unpaired) electrons. The number of quaternary nitrogens is 2. The van der Waals surface area contributed by atoms with Gasteiger partial charge in [-0.2, -0.15) is 0 Å². The van der Waals surface area contributed by atoms with Crippen LogP contribution in [0.5, 0.6) is 5.75 Å². The predicted octanol–water partition coefficient (Wildman–Crippen LogP) is -0.204. The van der Waals surface area contributed by atoms with E-state index in [1.54, 1.807) is 4.90 Å². The molecule has 1 aliphatic rings. The Labute approximate surface area is 155 Å². The van der Waals surface area contributed by atoms with Crippen LogP contribution in [-0.4, -0.2) is 51.8 Å². The SMILES string of the molecule is Cc1cccc(NC(=O)C[NH+]2CC[NH+](CCOc3ccccc3)CC2)c1. The minimum absolute atomic E-state index is 0.0986. The van der Waals surface area contributed by atoms with E-state index in [2.05, 4.69) is 5.32 Å². The molecule has 138 valence electrons. The molecule has 3 N–H and O–H groups in total. The van der Waals surface area contributed by atoms with Crippen molar-refractivity contribution in [2.45, 2.75) is 6.92 Å². The van der Waals surface area contributed by atoms with E-state index in [1.165, 1.54) is 4.90 Å². The fraction of sp³-hybridized carbons (Fsp3) is 0.381. The second-order valence-corrected chi connectivity index (χ2v) is 7.01. The van der Waals surface area contributed by atoms with Crippen LogP contribution in [0.1, 0.15) is 5.56 Å². The van der Waals surface area contributed by atoms with Crippen LogP contribution in [0.3, 0.4) is 0 Å². The van der Waals surface area contributed by atoms with Crippen molar-refractivity contribution in [3.63, 3.8) is 0 Å². The van der Waals surface area contributed by atoms with Gasteiger partial charge < -0.3 is 19.9 Å². The van der Waals surface area contributed by atoms with Gasteiger partial charge in [-0.05, 0) is 36.8 Å². The summed E-state index contributed by atoms with van der Waals surface area (Å²) >= 11 is 0. The Morgan fingerprint density at radius 3 is 2.46 bits per heavy atom. The summed E-state index contributed by atoms with van der Waals surface area (Å²) in [5.41, 5.74) is 2.04. The predicted molar refractivity (Wildman–Crippen MR) is 103 cm³/mol. The minimum Gasteiger partial charge on any atom is -0.488 e. The summed E-state index contributed by atoms with van der Waals surface area (Å²) in [6, 6.07) is 17.9. The van der Waals surface area contributed by atoms with Gasteiger partial charge in [0.1, 0.15) is 45.1 Å². The molecule has 0 atom stereocenters. The first-order valence-corrected chi connectivity index (χ1v) is 9.40. The average molecular weight is 355 g/mol. The van der Waals surface area contributed by atoms with Gasteiger partial charge in [0.05, 0.1) is 0 Å². The molecular formula is C21H29N3O2+2. The third kappa shape index (κ3) is 5.86. The molecule has 5 heteroatoms. The van der Waals surface area contributed by atoms with E-state index in [4.69, 9.17) is 4.74 Å². The lowest BCUT2D eigenvalue weighted by Crippen LogP contribution is -3.28. The molecule has 1 aliphatic heterocycles. The van der Waals surface area contributed by atoms with Crippen molar-refractivity contribution in [3.05, 3.63) is 60.2 Å². The second-order valence-electron chi connectivity index (χ2n) is 7.01. The number of nitrogens with one attached hydrogen (secondary N) is 3. The molecule has 3 rings (SSSR count). The van der Waals surface area contributed by atoms with Gasteiger partial charge in [0, 0.05) is 5.69 Å². The third-order valence-corrected chi connectivity index (χ3v) is 4.84. The van der Waals surface area contributed by atoms with Gasteiger partial charge in [-0.3, -0.25) is 4.79 Å². The molecule has 0 aromatic heterocycles. The number of aryl methyl sites for hydroxylation is 1. The summed E-state index contributed by atoms with van der Waals surface area (Å²) in [5.74, 6) is 1.03. The van der Waals surface area contributed by atoms with Gasteiger partial charge in [0.15, 0.2) is 6.54 Å². The Hall–Kier alpha value is -2.37. The number of amides is 1. The van der Waals surface area contributed by atoms with Crippen molar-refractivity contribution in [2.75, 3.05) is 51.2 Å². The van der Waals surface area contributed by atoms with Crippen molar-refractivity contribution in [1.82, 2.24) is 0 Å². The molecule has 0 saturated carbocycles. The minimum atomic E-state index is 0.0986. The standard InChI is InChI=1S/C21H27N3O2/c1-18-6-5-7-19(16-18)22-21(25)17-24-12-10-23(11-13-24)14-15-26-20-8-3-2-4-9-20/h2-9,16H,10-15,17H2,1H3,(H,22,25)/p+2. The number of benzene rings is 2. The first kappa shape index (κ1) is 18.4. The zero-order valence-corrected chi connectivity index (χ0v) is 15.5. The zero-order valence-electron chi connectivity index (χ0n) is 15.5. The maximum absolute atomic E-state index is 12.2. The van der Waals surface area contributed by atoms with Crippen LogP contribution in [-0.2, 0) is 4.79 Å². The molecule has 0 aliphatic carbocycles. The molecule has 0 spiro atoms. The second kappa shape index (κ2) is 9.36. The van der Waals surface area contributed by atoms with Crippen LogP contribution in [0.2, 0.25) is 0 Å². The molecule has 1 fully saturated rings. The van der Waals surface area contributed by atoms with Crippen LogP contribution in [0, 0.1) is 6.92 Å². The van der Waals surface area contributed by atoms with Crippen LogP contribution in [0.25, 0.3) is 0 Å². The summed E-state index contributed by atoms with van der Waals surface area (Å²) in [7, 11) is 0. The number of carbonyl (C=O) groups is 1. The van der Waals surface area contributed by atoms with E-state index < -0.39 is 0 Å². The molecule has 2 aromatic carbocycles. The summed E-state index contributed by atoms with van der Waals surface area (Å²) in [5, 5.41) is 3.01. The number of para-hydroxylation sites is 1. The van der Waals surface area contributed by atoms with E-state index in [9.17, 15) is 4.79 Å². The maximum atomic E-state index is 12.2. The van der Waals surface area contributed by atoms with Crippen molar-refractivity contribution >= 4 is 11.6 Å². The summed E-state index contributed by atoms with van der Waals surface area (Å²) in [6.45, 7) is 8.56. The van der Waals surface area contributed by atoms with Crippen molar-refractivity contribution in [1.29, 1.82) is 0 Å². The molecule has 0 bridgehead atoms. The highest BCUT2D eigenvalue weighted by molar-refractivity contribution is 5.91. The topological polar surface area (TPSA) is 47.2 Å². The first-order valence-electron chi connectivity index (χ1n) is 9.40. The molecule has 5 nitrogen and oxygen atoms in total. The molecule has 1 heterocycles. The van der Waals surface area contributed by atoms with Gasteiger partial charge in [0.2, 0.25) is 0 Å². The molecule has 1 amide bonds. The fourth-order valence-electron chi connectivity index (χ4n) is 3.37. The summed E-state index contributed by atoms with van der Waals surface area (Å²) < 4.78 is 5.78. The first-order chi connectivity index (χ1) is 12.7. The van der Waals surface area contributed by atoms with Gasteiger partial charge in [-0.15, -0.1) is 0 Å². The number of rotatable bonds is 7. The van der Waals surface area contributed by atoms with Gasteiger partial charge in [0.25, 0.3) is 5.91 Å². The fourth-order valence-corrected chi connectivity index (χ4v) is 3.37. The Bertz CT molecular complexity index is 697. The molecular weight excluding hydrogens is 326 g/mol. The van der Waals surface area contributed by atoms with Crippen LogP contribution in [0.15, 0.2) is 54.6 Å².